The zero-order valence-corrected chi connectivity index (χ0v) is 16.4. The van der Waals surface area contributed by atoms with Crippen molar-refractivity contribution >= 4 is 33.9 Å². The van der Waals surface area contributed by atoms with Gasteiger partial charge in [-0.2, -0.15) is 4.98 Å². The lowest BCUT2D eigenvalue weighted by Crippen LogP contribution is -1.94. The standard InChI is InChI=1S/C17H21N5OS2/c1-5-7-14-19-15(23-22-14)12(4)24-17-21-20-16(25-17)18-13-9-6-8-10(2)11(13)3/h6,8-9,12H,5,7H2,1-4H3,(H,18,20). The SMILES string of the molecule is CCCc1noc(C(C)Sc2nnc(Nc3cccc(C)c3C)s2)n1. The zero-order chi connectivity index (χ0) is 17.8. The van der Waals surface area contributed by atoms with Crippen LogP contribution in [0.5, 0.6) is 0 Å². The van der Waals surface area contributed by atoms with Crippen molar-refractivity contribution in [2.45, 2.75) is 50.1 Å². The topological polar surface area (TPSA) is 76.7 Å². The van der Waals surface area contributed by atoms with Crippen LogP contribution in [0.2, 0.25) is 0 Å². The Morgan fingerprint density at radius 1 is 1.28 bits per heavy atom. The first-order chi connectivity index (χ1) is 12.1. The fraction of sp³-hybridized carbons (Fsp3) is 0.412. The quantitative estimate of drug-likeness (QED) is 0.576. The summed E-state index contributed by atoms with van der Waals surface area (Å²) in [6.07, 6.45) is 1.84. The second-order valence-corrected chi connectivity index (χ2v) is 8.37. The summed E-state index contributed by atoms with van der Waals surface area (Å²) >= 11 is 3.10. The summed E-state index contributed by atoms with van der Waals surface area (Å²) < 4.78 is 6.21. The van der Waals surface area contributed by atoms with E-state index in [9.17, 15) is 0 Å². The molecule has 3 rings (SSSR count). The summed E-state index contributed by atoms with van der Waals surface area (Å²) in [5.41, 5.74) is 3.52. The fourth-order valence-corrected chi connectivity index (χ4v) is 4.21. The smallest absolute Gasteiger partial charge is 0.239 e. The molecule has 0 spiro atoms. The number of anilines is 2. The second kappa shape index (κ2) is 7.97. The van der Waals surface area contributed by atoms with Crippen molar-refractivity contribution in [2.24, 2.45) is 0 Å². The van der Waals surface area contributed by atoms with E-state index in [1.165, 1.54) is 22.5 Å². The van der Waals surface area contributed by atoms with Crippen molar-refractivity contribution in [3.05, 3.63) is 41.0 Å². The second-order valence-electron chi connectivity index (χ2n) is 5.80. The van der Waals surface area contributed by atoms with Crippen molar-refractivity contribution in [1.82, 2.24) is 20.3 Å². The van der Waals surface area contributed by atoms with Crippen molar-refractivity contribution in [3.63, 3.8) is 0 Å². The molecular formula is C17H21N5OS2. The number of thioether (sulfide) groups is 1. The van der Waals surface area contributed by atoms with Gasteiger partial charge in [0, 0.05) is 12.1 Å². The number of rotatable bonds is 7. The minimum atomic E-state index is 0.0413. The van der Waals surface area contributed by atoms with E-state index in [1.807, 2.05) is 19.1 Å². The number of nitrogens with zero attached hydrogens (tertiary/aromatic N) is 4. The third kappa shape index (κ3) is 4.38. The largest absolute Gasteiger partial charge is 0.338 e. The first-order valence-corrected chi connectivity index (χ1v) is 9.92. The Labute approximate surface area is 155 Å². The molecule has 132 valence electrons. The van der Waals surface area contributed by atoms with Gasteiger partial charge in [-0.05, 0) is 44.4 Å². The molecule has 0 aliphatic heterocycles. The Morgan fingerprint density at radius 3 is 2.92 bits per heavy atom. The van der Waals surface area contributed by atoms with Gasteiger partial charge < -0.3 is 9.84 Å². The van der Waals surface area contributed by atoms with Crippen molar-refractivity contribution in [1.29, 1.82) is 0 Å². The lowest BCUT2D eigenvalue weighted by molar-refractivity contribution is 0.374. The molecule has 2 heterocycles. The monoisotopic (exact) mass is 375 g/mol. The minimum Gasteiger partial charge on any atom is -0.338 e. The van der Waals surface area contributed by atoms with Gasteiger partial charge in [-0.3, -0.25) is 0 Å². The lowest BCUT2D eigenvalue weighted by Gasteiger charge is -2.08. The van der Waals surface area contributed by atoms with Gasteiger partial charge >= 0.3 is 0 Å². The van der Waals surface area contributed by atoms with Crippen LogP contribution in [0.1, 0.15) is 48.4 Å². The molecule has 0 amide bonds. The first kappa shape index (κ1) is 17.9. The Kier molecular flexibility index (Phi) is 5.70. The van der Waals surface area contributed by atoms with Crippen LogP contribution in [0, 0.1) is 13.8 Å². The van der Waals surface area contributed by atoms with Crippen LogP contribution in [-0.2, 0) is 6.42 Å². The molecule has 0 aliphatic rings. The number of benzene rings is 1. The molecule has 1 atom stereocenters. The van der Waals surface area contributed by atoms with Crippen LogP contribution in [0.4, 0.5) is 10.8 Å². The first-order valence-electron chi connectivity index (χ1n) is 8.22. The van der Waals surface area contributed by atoms with E-state index in [0.29, 0.717) is 5.89 Å². The van der Waals surface area contributed by atoms with Gasteiger partial charge in [-0.25, -0.2) is 0 Å². The molecule has 8 heteroatoms. The maximum atomic E-state index is 5.34. The number of aromatic nitrogens is 4. The third-order valence-corrected chi connectivity index (χ3v) is 5.85. The third-order valence-electron chi connectivity index (χ3n) is 3.84. The van der Waals surface area contributed by atoms with E-state index in [2.05, 4.69) is 52.5 Å². The van der Waals surface area contributed by atoms with E-state index in [0.717, 1.165) is 33.8 Å². The van der Waals surface area contributed by atoms with Crippen LogP contribution in [-0.4, -0.2) is 20.3 Å². The molecule has 0 saturated heterocycles. The lowest BCUT2D eigenvalue weighted by atomic mass is 10.1. The molecule has 1 aromatic carbocycles. The Bertz CT molecular complexity index is 845. The number of aryl methyl sites for hydroxylation is 2. The van der Waals surface area contributed by atoms with E-state index in [4.69, 9.17) is 4.52 Å². The van der Waals surface area contributed by atoms with Gasteiger partial charge in [0.2, 0.25) is 11.0 Å². The molecule has 2 aromatic heterocycles. The average molecular weight is 376 g/mol. The Morgan fingerprint density at radius 2 is 2.12 bits per heavy atom. The molecule has 0 aliphatic carbocycles. The molecular weight excluding hydrogens is 354 g/mol. The molecule has 1 N–H and O–H groups in total. The van der Waals surface area contributed by atoms with E-state index < -0.39 is 0 Å². The van der Waals surface area contributed by atoms with Gasteiger partial charge in [0.05, 0.1) is 5.25 Å². The Balaban J connectivity index is 1.65. The zero-order valence-electron chi connectivity index (χ0n) is 14.7. The highest BCUT2D eigenvalue weighted by molar-refractivity contribution is 8.01. The molecule has 0 radical (unpaired) electrons. The van der Waals surface area contributed by atoms with Crippen molar-refractivity contribution in [2.75, 3.05) is 5.32 Å². The van der Waals surface area contributed by atoms with Gasteiger partial charge in [0.25, 0.3) is 0 Å². The fourth-order valence-electron chi connectivity index (χ4n) is 2.27. The van der Waals surface area contributed by atoms with Crippen LogP contribution in [0.15, 0.2) is 27.1 Å². The molecule has 6 nitrogen and oxygen atoms in total. The van der Waals surface area contributed by atoms with Gasteiger partial charge in [0.1, 0.15) is 0 Å². The predicted octanol–water partition coefficient (Wildman–Crippen LogP) is 5.09. The molecule has 1 unspecified atom stereocenters. The summed E-state index contributed by atoms with van der Waals surface area (Å²) in [4.78, 5) is 4.43. The summed E-state index contributed by atoms with van der Waals surface area (Å²) in [6, 6.07) is 6.18. The Hall–Kier alpha value is -1.93. The minimum absolute atomic E-state index is 0.0413. The maximum absolute atomic E-state index is 5.34. The van der Waals surface area contributed by atoms with Crippen LogP contribution in [0.25, 0.3) is 0 Å². The number of hydrogen-bond donors (Lipinski definition) is 1. The van der Waals surface area contributed by atoms with E-state index in [1.54, 1.807) is 11.8 Å². The van der Waals surface area contributed by atoms with Crippen molar-refractivity contribution < 1.29 is 4.52 Å². The summed E-state index contributed by atoms with van der Waals surface area (Å²) in [5, 5.41) is 16.7. The maximum Gasteiger partial charge on any atom is 0.239 e. The van der Waals surface area contributed by atoms with E-state index in [-0.39, 0.29) is 5.25 Å². The molecule has 3 aromatic rings. The molecule has 0 saturated carbocycles. The summed E-state index contributed by atoms with van der Waals surface area (Å²) in [7, 11) is 0. The van der Waals surface area contributed by atoms with Crippen molar-refractivity contribution in [3.8, 4) is 0 Å². The summed E-state index contributed by atoms with van der Waals surface area (Å²) in [5.74, 6) is 1.40. The molecule has 0 fully saturated rings. The van der Waals surface area contributed by atoms with E-state index >= 15 is 0 Å². The molecule has 25 heavy (non-hydrogen) atoms. The average Bonchev–Trinajstić information content (AvgIpc) is 3.22. The predicted molar refractivity (Wildman–Crippen MR) is 102 cm³/mol. The summed E-state index contributed by atoms with van der Waals surface area (Å²) in [6.45, 7) is 8.33. The van der Waals surface area contributed by atoms with Crippen LogP contribution in [0.3, 0.4) is 0 Å². The van der Waals surface area contributed by atoms with Gasteiger partial charge in [-0.1, -0.05) is 47.3 Å². The van der Waals surface area contributed by atoms with Crippen LogP contribution >= 0.6 is 23.1 Å². The highest BCUT2D eigenvalue weighted by atomic mass is 32.2. The number of nitrogens with one attached hydrogen (secondary N) is 1. The normalized spacial score (nSPS) is 12.3. The van der Waals surface area contributed by atoms with Gasteiger partial charge in [0.15, 0.2) is 10.2 Å². The highest BCUT2D eigenvalue weighted by Gasteiger charge is 2.18. The van der Waals surface area contributed by atoms with Crippen LogP contribution < -0.4 is 5.32 Å². The highest BCUT2D eigenvalue weighted by Crippen LogP contribution is 2.37. The van der Waals surface area contributed by atoms with Gasteiger partial charge in [-0.15, -0.1) is 10.2 Å². The number of hydrogen-bond acceptors (Lipinski definition) is 8. The molecule has 0 bridgehead atoms.